The van der Waals surface area contributed by atoms with Crippen LogP contribution < -0.4 is 5.32 Å². The van der Waals surface area contributed by atoms with E-state index >= 15 is 0 Å². The Bertz CT molecular complexity index is 1080. The molecule has 1 fully saturated rings. The number of nitrogens with one attached hydrogen (secondary N) is 1. The lowest BCUT2D eigenvalue weighted by Crippen LogP contribution is -2.49. The standard InChI is InChI=1S/C27H27NO5/c1-18-26(24(30)17-32-18)28-27(31)25(15-19-9-13-23(29)14-10-19)33-16-20-7-11-22(12-8-20)21-5-3-2-4-6-21/h2-14,18,25-26,29H,15-17H2,1H3,(H,28,31). The quantitative estimate of drug-likeness (QED) is 0.553. The molecule has 0 saturated carbocycles. The minimum Gasteiger partial charge on any atom is -0.508 e. The Morgan fingerprint density at radius 2 is 1.64 bits per heavy atom. The number of rotatable bonds is 8. The van der Waals surface area contributed by atoms with Crippen LogP contribution in [0.5, 0.6) is 5.75 Å². The second-order valence-electron chi connectivity index (χ2n) is 8.20. The first kappa shape index (κ1) is 22.7. The number of carbonyl (C=O) groups is 2. The molecule has 1 heterocycles. The third-order valence-electron chi connectivity index (χ3n) is 5.76. The number of ether oxygens (including phenoxy) is 2. The summed E-state index contributed by atoms with van der Waals surface area (Å²) in [5.74, 6) is -0.350. The molecule has 3 unspecified atom stereocenters. The van der Waals surface area contributed by atoms with Crippen LogP contribution in [-0.4, -0.2) is 41.7 Å². The number of phenols is 1. The summed E-state index contributed by atoms with van der Waals surface area (Å²) in [5, 5.41) is 12.3. The highest BCUT2D eigenvalue weighted by atomic mass is 16.5. The second-order valence-corrected chi connectivity index (χ2v) is 8.20. The predicted octanol–water partition coefficient (Wildman–Crippen LogP) is 3.66. The van der Waals surface area contributed by atoms with Crippen molar-refractivity contribution in [2.24, 2.45) is 0 Å². The monoisotopic (exact) mass is 445 g/mol. The number of aromatic hydroxyl groups is 1. The molecule has 1 aliphatic heterocycles. The number of benzene rings is 3. The molecule has 1 amide bonds. The summed E-state index contributed by atoms with van der Waals surface area (Å²) in [7, 11) is 0. The van der Waals surface area contributed by atoms with Crippen LogP contribution in [0.3, 0.4) is 0 Å². The summed E-state index contributed by atoms with van der Waals surface area (Å²) < 4.78 is 11.4. The Hall–Kier alpha value is -3.48. The van der Waals surface area contributed by atoms with Crippen molar-refractivity contribution in [3.05, 3.63) is 90.0 Å². The predicted molar refractivity (Wildman–Crippen MR) is 125 cm³/mol. The Labute approximate surface area is 193 Å². The number of carbonyl (C=O) groups excluding carboxylic acids is 2. The number of amides is 1. The molecular weight excluding hydrogens is 418 g/mol. The molecule has 1 aliphatic rings. The van der Waals surface area contributed by atoms with Crippen LogP contribution >= 0.6 is 0 Å². The van der Waals surface area contributed by atoms with Gasteiger partial charge in [0, 0.05) is 6.42 Å². The van der Waals surface area contributed by atoms with Gasteiger partial charge in [0.2, 0.25) is 5.91 Å². The SMILES string of the molecule is CC1OCC(=O)C1NC(=O)C(Cc1ccc(O)cc1)OCc1ccc(-c2ccccc2)cc1. The van der Waals surface area contributed by atoms with E-state index in [1.165, 1.54) is 0 Å². The molecular formula is C27H27NO5. The van der Waals surface area contributed by atoms with E-state index in [-0.39, 0.29) is 36.8 Å². The van der Waals surface area contributed by atoms with Crippen LogP contribution in [0.25, 0.3) is 11.1 Å². The first-order valence-electron chi connectivity index (χ1n) is 11.0. The molecule has 0 bridgehead atoms. The Balaban J connectivity index is 1.45. The van der Waals surface area contributed by atoms with E-state index in [0.717, 1.165) is 22.3 Å². The Morgan fingerprint density at radius 3 is 2.27 bits per heavy atom. The summed E-state index contributed by atoms with van der Waals surface area (Å²) in [6.07, 6.45) is -0.866. The molecule has 3 aromatic carbocycles. The lowest BCUT2D eigenvalue weighted by Gasteiger charge is -2.21. The average molecular weight is 446 g/mol. The van der Waals surface area contributed by atoms with Crippen molar-refractivity contribution in [2.45, 2.75) is 38.2 Å². The zero-order valence-corrected chi connectivity index (χ0v) is 18.4. The van der Waals surface area contributed by atoms with Gasteiger partial charge in [0.25, 0.3) is 0 Å². The van der Waals surface area contributed by atoms with Crippen molar-refractivity contribution in [3.8, 4) is 16.9 Å². The summed E-state index contributed by atoms with van der Waals surface area (Å²) in [6, 6.07) is 24.1. The number of hydrogen-bond donors (Lipinski definition) is 2. The van der Waals surface area contributed by atoms with E-state index < -0.39 is 12.1 Å². The smallest absolute Gasteiger partial charge is 0.250 e. The van der Waals surface area contributed by atoms with Gasteiger partial charge in [0.05, 0.1) is 12.7 Å². The van der Waals surface area contributed by atoms with Gasteiger partial charge < -0.3 is 19.9 Å². The van der Waals surface area contributed by atoms with Crippen LogP contribution in [0.15, 0.2) is 78.9 Å². The van der Waals surface area contributed by atoms with Crippen LogP contribution in [0, 0.1) is 0 Å². The van der Waals surface area contributed by atoms with Crippen LogP contribution in [0.4, 0.5) is 0 Å². The van der Waals surface area contributed by atoms with Gasteiger partial charge >= 0.3 is 0 Å². The number of phenolic OH excluding ortho intramolecular Hbond substituents is 1. The highest BCUT2D eigenvalue weighted by Crippen LogP contribution is 2.20. The van der Waals surface area contributed by atoms with Gasteiger partial charge in [-0.15, -0.1) is 0 Å². The molecule has 6 nitrogen and oxygen atoms in total. The summed E-state index contributed by atoms with van der Waals surface area (Å²) >= 11 is 0. The van der Waals surface area contributed by atoms with E-state index in [1.807, 2.05) is 42.5 Å². The molecule has 0 aromatic heterocycles. The first-order valence-corrected chi connectivity index (χ1v) is 11.0. The molecule has 0 spiro atoms. The lowest BCUT2D eigenvalue weighted by molar-refractivity contribution is -0.136. The van der Waals surface area contributed by atoms with Crippen molar-refractivity contribution < 1.29 is 24.2 Å². The molecule has 4 rings (SSSR count). The average Bonchev–Trinajstić information content (AvgIpc) is 3.16. The molecule has 1 saturated heterocycles. The number of ketones is 1. The van der Waals surface area contributed by atoms with Crippen LogP contribution in [0.2, 0.25) is 0 Å². The van der Waals surface area contributed by atoms with E-state index in [2.05, 4.69) is 17.4 Å². The third-order valence-corrected chi connectivity index (χ3v) is 5.76. The van der Waals surface area contributed by atoms with Crippen molar-refractivity contribution >= 4 is 11.7 Å². The van der Waals surface area contributed by atoms with Crippen LogP contribution in [0.1, 0.15) is 18.1 Å². The summed E-state index contributed by atoms with van der Waals surface area (Å²) in [6.45, 7) is 2.01. The molecule has 3 atom stereocenters. The fourth-order valence-electron chi connectivity index (χ4n) is 3.80. The zero-order chi connectivity index (χ0) is 23.2. The van der Waals surface area contributed by atoms with Gasteiger partial charge in [-0.05, 0) is 41.3 Å². The normalized spacial score (nSPS) is 18.8. The number of Topliss-reactive ketones (excluding diaryl/α,β-unsaturated/α-hetero) is 1. The minimum absolute atomic E-state index is 0.00334. The largest absolute Gasteiger partial charge is 0.508 e. The molecule has 2 N–H and O–H groups in total. The Kier molecular flexibility index (Phi) is 7.17. The molecule has 0 radical (unpaired) electrons. The maximum Gasteiger partial charge on any atom is 0.250 e. The van der Waals surface area contributed by atoms with E-state index in [0.29, 0.717) is 6.42 Å². The Morgan fingerprint density at radius 1 is 1.00 bits per heavy atom. The van der Waals surface area contributed by atoms with Gasteiger partial charge in [-0.3, -0.25) is 9.59 Å². The maximum absolute atomic E-state index is 13.0. The molecule has 33 heavy (non-hydrogen) atoms. The molecule has 6 heteroatoms. The third kappa shape index (κ3) is 5.86. The van der Waals surface area contributed by atoms with Gasteiger partial charge in [-0.25, -0.2) is 0 Å². The second kappa shape index (κ2) is 10.4. The fourth-order valence-corrected chi connectivity index (χ4v) is 3.80. The van der Waals surface area contributed by atoms with Crippen molar-refractivity contribution in [1.82, 2.24) is 5.32 Å². The zero-order valence-electron chi connectivity index (χ0n) is 18.4. The summed E-state index contributed by atoms with van der Waals surface area (Å²) in [5.41, 5.74) is 4.01. The highest BCUT2D eigenvalue weighted by molar-refractivity contribution is 5.93. The van der Waals surface area contributed by atoms with Gasteiger partial charge in [-0.2, -0.15) is 0 Å². The van der Waals surface area contributed by atoms with Gasteiger partial charge in [0.1, 0.15) is 24.5 Å². The van der Waals surface area contributed by atoms with Gasteiger partial charge in [0.15, 0.2) is 5.78 Å². The van der Waals surface area contributed by atoms with Crippen molar-refractivity contribution in [2.75, 3.05) is 6.61 Å². The maximum atomic E-state index is 13.0. The van der Waals surface area contributed by atoms with Crippen molar-refractivity contribution in [1.29, 1.82) is 0 Å². The summed E-state index contributed by atoms with van der Waals surface area (Å²) in [4.78, 5) is 25.1. The minimum atomic E-state index is -0.802. The fraction of sp³-hybridized carbons (Fsp3) is 0.259. The molecule has 3 aromatic rings. The highest BCUT2D eigenvalue weighted by Gasteiger charge is 2.35. The molecule has 0 aliphatic carbocycles. The lowest BCUT2D eigenvalue weighted by atomic mass is 10.0. The van der Waals surface area contributed by atoms with E-state index in [9.17, 15) is 14.7 Å². The van der Waals surface area contributed by atoms with Gasteiger partial charge in [-0.1, -0.05) is 66.7 Å². The van der Waals surface area contributed by atoms with E-state index in [1.54, 1.807) is 31.2 Å². The van der Waals surface area contributed by atoms with Crippen LogP contribution in [-0.2, 0) is 32.1 Å². The topological polar surface area (TPSA) is 84.9 Å². The first-order chi connectivity index (χ1) is 16.0. The number of hydrogen-bond acceptors (Lipinski definition) is 5. The molecule has 170 valence electrons. The van der Waals surface area contributed by atoms with Crippen molar-refractivity contribution in [3.63, 3.8) is 0 Å². The van der Waals surface area contributed by atoms with E-state index in [4.69, 9.17) is 9.47 Å².